The van der Waals surface area contributed by atoms with E-state index in [1.807, 2.05) is 13.8 Å². The minimum absolute atomic E-state index is 0.0332. The number of carboxylic acids is 1. The number of aryl methyl sites for hydroxylation is 1. The third-order valence-electron chi connectivity index (χ3n) is 4.49. The number of nitrogens with one attached hydrogen (secondary N) is 1. The molecule has 0 spiro atoms. The molecule has 1 atom stereocenters. The van der Waals surface area contributed by atoms with Crippen LogP contribution in [-0.2, 0) is 16.0 Å². The predicted octanol–water partition coefficient (Wildman–Crippen LogP) is 2.93. The van der Waals surface area contributed by atoms with Crippen LogP contribution < -0.4 is 5.32 Å². The summed E-state index contributed by atoms with van der Waals surface area (Å²) in [4.78, 5) is 23.9. The van der Waals surface area contributed by atoms with Crippen LogP contribution >= 0.6 is 0 Å². The van der Waals surface area contributed by atoms with Crippen LogP contribution in [0.5, 0.6) is 0 Å². The molecule has 140 valence electrons. The van der Waals surface area contributed by atoms with Gasteiger partial charge in [-0.1, -0.05) is 13.3 Å². The number of halogens is 1. The normalized spacial score (nSPS) is 13.3. The Balaban J connectivity index is 2.23. The van der Waals surface area contributed by atoms with E-state index in [1.165, 1.54) is 19.1 Å². The summed E-state index contributed by atoms with van der Waals surface area (Å²) in [5.41, 5.74) is 1.57. The molecule has 0 bridgehead atoms. The summed E-state index contributed by atoms with van der Waals surface area (Å²) in [5.74, 6) is -1.75. The zero-order valence-corrected chi connectivity index (χ0v) is 15.5. The fraction of sp³-hybridized carbons (Fsp3) is 0.421. The number of carboxylic acid groups (broad SMARTS) is 1. The number of aliphatic carboxylic acids is 1. The zero-order chi connectivity index (χ0) is 19.5. The summed E-state index contributed by atoms with van der Waals surface area (Å²) in [6.07, 6.45) is 1.02. The van der Waals surface area contributed by atoms with Crippen LogP contribution in [-0.4, -0.2) is 32.3 Å². The van der Waals surface area contributed by atoms with Gasteiger partial charge in [0.2, 0.25) is 5.91 Å². The molecule has 2 N–H and O–H groups in total. The molecule has 1 heterocycles. The first-order valence-corrected chi connectivity index (χ1v) is 8.53. The van der Waals surface area contributed by atoms with Crippen LogP contribution in [0.4, 0.5) is 4.39 Å². The van der Waals surface area contributed by atoms with Crippen LogP contribution in [0.1, 0.15) is 43.6 Å². The molecule has 1 unspecified atom stereocenters. The van der Waals surface area contributed by atoms with Crippen molar-refractivity contribution in [2.24, 2.45) is 0 Å². The second-order valence-electron chi connectivity index (χ2n) is 6.65. The van der Waals surface area contributed by atoms with Gasteiger partial charge in [-0.25, -0.2) is 13.9 Å². The summed E-state index contributed by atoms with van der Waals surface area (Å²) in [5, 5.41) is 16.5. The van der Waals surface area contributed by atoms with Gasteiger partial charge in [-0.3, -0.25) is 4.79 Å². The largest absolute Gasteiger partial charge is 0.480 e. The average Bonchev–Trinajstić information content (AvgIpc) is 2.83. The molecule has 26 heavy (non-hydrogen) atoms. The molecule has 0 radical (unpaired) electrons. The van der Waals surface area contributed by atoms with E-state index in [-0.39, 0.29) is 18.1 Å². The van der Waals surface area contributed by atoms with E-state index >= 15 is 0 Å². The lowest BCUT2D eigenvalue weighted by Crippen LogP contribution is -2.52. The predicted molar refractivity (Wildman–Crippen MR) is 95.8 cm³/mol. The highest BCUT2D eigenvalue weighted by molar-refractivity contribution is 5.87. The van der Waals surface area contributed by atoms with Gasteiger partial charge in [0.05, 0.1) is 17.8 Å². The van der Waals surface area contributed by atoms with Gasteiger partial charge in [-0.15, -0.1) is 0 Å². The lowest BCUT2D eigenvalue weighted by molar-refractivity contribution is -0.147. The molecule has 6 nitrogen and oxygen atoms in total. The van der Waals surface area contributed by atoms with E-state index in [4.69, 9.17) is 0 Å². The molecule has 1 aromatic heterocycles. The molecule has 1 amide bonds. The lowest BCUT2D eigenvalue weighted by Gasteiger charge is -2.25. The van der Waals surface area contributed by atoms with Crippen molar-refractivity contribution in [2.45, 2.75) is 52.5 Å². The Kier molecular flexibility index (Phi) is 5.79. The zero-order valence-electron chi connectivity index (χ0n) is 15.5. The number of carbonyl (C=O) groups excluding carboxylic acids is 1. The Morgan fingerprint density at radius 1 is 1.27 bits per heavy atom. The van der Waals surface area contributed by atoms with Crippen LogP contribution in [0.25, 0.3) is 5.69 Å². The van der Waals surface area contributed by atoms with Crippen molar-refractivity contribution in [2.75, 3.05) is 0 Å². The monoisotopic (exact) mass is 361 g/mol. The molecule has 7 heteroatoms. The van der Waals surface area contributed by atoms with Crippen molar-refractivity contribution in [3.8, 4) is 5.69 Å². The fourth-order valence-corrected chi connectivity index (χ4v) is 3.00. The molecule has 0 aliphatic rings. The van der Waals surface area contributed by atoms with Gasteiger partial charge in [0.1, 0.15) is 11.4 Å². The van der Waals surface area contributed by atoms with E-state index in [0.717, 1.165) is 11.3 Å². The first-order valence-electron chi connectivity index (χ1n) is 8.53. The number of amides is 1. The number of rotatable bonds is 7. The van der Waals surface area contributed by atoms with Crippen molar-refractivity contribution >= 4 is 11.9 Å². The van der Waals surface area contributed by atoms with Gasteiger partial charge in [-0.05, 0) is 51.5 Å². The van der Waals surface area contributed by atoms with E-state index in [2.05, 4.69) is 10.4 Å². The van der Waals surface area contributed by atoms with Crippen LogP contribution in [0, 0.1) is 19.7 Å². The van der Waals surface area contributed by atoms with Gasteiger partial charge < -0.3 is 10.4 Å². The molecular weight excluding hydrogens is 337 g/mol. The first kappa shape index (κ1) is 19.6. The number of nitrogens with zero attached hydrogens (tertiary/aromatic N) is 2. The Hall–Kier alpha value is -2.70. The Bertz CT molecular complexity index is 814. The summed E-state index contributed by atoms with van der Waals surface area (Å²) in [7, 11) is 0. The summed E-state index contributed by atoms with van der Waals surface area (Å²) >= 11 is 0. The highest BCUT2D eigenvalue weighted by Crippen LogP contribution is 2.20. The molecular formula is C19H24FN3O3. The van der Waals surface area contributed by atoms with Crippen LogP contribution in [0.2, 0.25) is 0 Å². The van der Waals surface area contributed by atoms with E-state index in [9.17, 15) is 19.1 Å². The van der Waals surface area contributed by atoms with Crippen molar-refractivity contribution < 1.29 is 19.1 Å². The van der Waals surface area contributed by atoms with Crippen molar-refractivity contribution in [1.82, 2.24) is 15.1 Å². The SMILES string of the molecule is CCCC(C)(NC(=O)Cc1c(C)nn(-c2ccc(F)cc2)c1C)C(=O)O. The van der Waals surface area contributed by atoms with E-state index in [0.29, 0.717) is 24.2 Å². The van der Waals surface area contributed by atoms with E-state index in [1.54, 1.807) is 23.7 Å². The fourth-order valence-electron chi connectivity index (χ4n) is 3.00. The number of benzene rings is 1. The van der Waals surface area contributed by atoms with Gasteiger partial charge in [0, 0.05) is 11.3 Å². The highest BCUT2D eigenvalue weighted by Gasteiger charge is 2.34. The summed E-state index contributed by atoms with van der Waals surface area (Å²) in [6.45, 7) is 7.00. The van der Waals surface area contributed by atoms with Crippen molar-refractivity contribution in [3.05, 3.63) is 47.0 Å². The average molecular weight is 361 g/mol. The summed E-state index contributed by atoms with van der Waals surface area (Å²) in [6, 6.07) is 5.92. The maximum absolute atomic E-state index is 13.1. The standard InChI is InChI=1S/C19H24FN3O3/c1-5-10-19(4,18(25)26)21-17(24)11-16-12(2)22-23(13(16)3)15-8-6-14(20)7-9-15/h6-9H,5,10-11H2,1-4H3,(H,21,24)(H,25,26). The summed E-state index contributed by atoms with van der Waals surface area (Å²) < 4.78 is 14.8. The third kappa shape index (κ3) is 4.09. The lowest BCUT2D eigenvalue weighted by atomic mass is 9.95. The smallest absolute Gasteiger partial charge is 0.329 e. The third-order valence-corrected chi connectivity index (χ3v) is 4.49. The second kappa shape index (κ2) is 7.68. The molecule has 0 aliphatic carbocycles. The van der Waals surface area contributed by atoms with Gasteiger partial charge >= 0.3 is 5.97 Å². The van der Waals surface area contributed by atoms with Gasteiger partial charge in [-0.2, -0.15) is 5.10 Å². The Morgan fingerprint density at radius 2 is 1.88 bits per heavy atom. The number of carbonyl (C=O) groups is 2. The topological polar surface area (TPSA) is 84.2 Å². The Morgan fingerprint density at radius 3 is 2.42 bits per heavy atom. The van der Waals surface area contributed by atoms with Crippen molar-refractivity contribution in [1.29, 1.82) is 0 Å². The van der Waals surface area contributed by atoms with Gasteiger partial charge in [0.25, 0.3) is 0 Å². The molecule has 0 saturated heterocycles. The number of hydrogen-bond donors (Lipinski definition) is 2. The molecule has 0 saturated carbocycles. The minimum atomic E-state index is -1.29. The number of hydrogen-bond acceptors (Lipinski definition) is 3. The number of aromatic nitrogens is 2. The van der Waals surface area contributed by atoms with Crippen LogP contribution in [0.15, 0.2) is 24.3 Å². The first-order chi connectivity index (χ1) is 12.2. The molecule has 2 aromatic rings. The van der Waals surface area contributed by atoms with Crippen LogP contribution in [0.3, 0.4) is 0 Å². The maximum Gasteiger partial charge on any atom is 0.329 e. The quantitative estimate of drug-likeness (QED) is 0.794. The molecule has 0 fully saturated rings. The Labute approximate surface area is 152 Å². The maximum atomic E-state index is 13.1. The minimum Gasteiger partial charge on any atom is -0.480 e. The van der Waals surface area contributed by atoms with Gasteiger partial charge in [0.15, 0.2) is 0 Å². The van der Waals surface area contributed by atoms with E-state index < -0.39 is 11.5 Å². The highest BCUT2D eigenvalue weighted by atomic mass is 19.1. The molecule has 1 aromatic carbocycles. The molecule has 0 aliphatic heterocycles. The molecule has 2 rings (SSSR count). The van der Waals surface area contributed by atoms with Crippen molar-refractivity contribution in [3.63, 3.8) is 0 Å². The second-order valence-corrected chi connectivity index (χ2v) is 6.65.